The van der Waals surface area contributed by atoms with E-state index in [1.807, 2.05) is 6.92 Å². The van der Waals surface area contributed by atoms with Crippen molar-refractivity contribution < 1.29 is 9.53 Å². The molecule has 1 amide bonds. The largest absolute Gasteiger partial charge is 0.379 e. The summed E-state index contributed by atoms with van der Waals surface area (Å²) in [7, 11) is 0. The third-order valence-electron chi connectivity index (χ3n) is 2.01. The standard InChI is InChI=1S/C7H13NO2/c1-2-3-7(6(8)9)4-10-5-7/h2-5H2,1H3,(H2,8,9). The number of carbonyl (C=O) groups is 1. The summed E-state index contributed by atoms with van der Waals surface area (Å²) in [4.78, 5) is 10.8. The van der Waals surface area contributed by atoms with Gasteiger partial charge in [0.2, 0.25) is 5.91 Å². The average molecular weight is 143 g/mol. The summed E-state index contributed by atoms with van der Waals surface area (Å²) in [6.45, 7) is 3.09. The lowest BCUT2D eigenvalue weighted by Gasteiger charge is -2.38. The van der Waals surface area contributed by atoms with E-state index in [0.29, 0.717) is 13.2 Å². The zero-order valence-corrected chi connectivity index (χ0v) is 6.22. The van der Waals surface area contributed by atoms with Crippen LogP contribution in [0, 0.1) is 5.41 Å². The molecule has 1 saturated heterocycles. The topological polar surface area (TPSA) is 52.3 Å². The molecule has 2 N–H and O–H groups in total. The lowest BCUT2D eigenvalue weighted by Crippen LogP contribution is -2.52. The van der Waals surface area contributed by atoms with Crippen molar-refractivity contribution in [1.29, 1.82) is 0 Å². The highest BCUT2D eigenvalue weighted by Crippen LogP contribution is 2.31. The molecule has 10 heavy (non-hydrogen) atoms. The Morgan fingerprint density at radius 3 is 2.40 bits per heavy atom. The van der Waals surface area contributed by atoms with Crippen molar-refractivity contribution >= 4 is 5.91 Å². The Morgan fingerprint density at radius 1 is 1.70 bits per heavy atom. The van der Waals surface area contributed by atoms with Crippen LogP contribution in [0.5, 0.6) is 0 Å². The minimum absolute atomic E-state index is 0.208. The van der Waals surface area contributed by atoms with Gasteiger partial charge in [0.25, 0.3) is 0 Å². The van der Waals surface area contributed by atoms with Gasteiger partial charge >= 0.3 is 0 Å². The van der Waals surface area contributed by atoms with Crippen LogP contribution < -0.4 is 5.73 Å². The zero-order chi connectivity index (χ0) is 7.61. The molecule has 1 rings (SSSR count). The van der Waals surface area contributed by atoms with E-state index >= 15 is 0 Å². The minimum atomic E-state index is -0.311. The van der Waals surface area contributed by atoms with Crippen LogP contribution in [0.15, 0.2) is 0 Å². The second-order valence-corrected chi connectivity index (χ2v) is 2.89. The summed E-state index contributed by atoms with van der Waals surface area (Å²) in [6.07, 6.45) is 1.86. The molecule has 0 atom stereocenters. The first-order valence-corrected chi connectivity index (χ1v) is 3.59. The van der Waals surface area contributed by atoms with Gasteiger partial charge in [0.15, 0.2) is 0 Å². The van der Waals surface area contributed by atoms with Crippen molar-refractivity contribution in [1.82, 2.24) is 0 Å². The second-order valence-electron chi connectivity index (χ2n) is 2.89. The first kappa shape index (κ1) is 7.54. The Balaban J connectivity index is 2.50. The Labute approximate surface area is 60.5 Å². The van der Waals surface area contributed by atoms with Gasteiger partial charge in [0, 0.05) is 0 Å². The summed E-state index contributed by atoms with van der Waals surface area (Å²) in [5.74, 6) is -0.208. The van der Waals surface area contributed by atoms with E-state index in [0.717, 1.165) is 12.8 Å². The Kier molecular flexibility index (Phi) is 1.94. The maximum atomic E-state index is 10.8. The third kappa shape index (κ3) is 1.01. The van der Waals surface area contributed by atoms with Gasteiger partial charge in [-0.2, -0.15) is 0 Å². The van der Waals surface area contributed by atoms with Crippen molar-refractivity contribution in [2.45, 2.75) is 19.8 Å². The van der Waals surface area contributed by atoms with Gasteiger partial charge in [-0.3, -0.25) is 4.79 Å². The smallest absolute Gasteiger partial charge is 0.228 e. The molecule has 1 fully saturated rings. The molecule has 58 valence electrons. The molecule has 0 aromatic heterocycles. The van der Waals surface area contributed by atoms with Crippen LogP contribution in [0.4, 0.5) is 0 Å². The minimum Gasteiger partial charge on any atom is -0.379 e. The van der Waals surface area contributed by atoms with E-state index in [2.05, 4.69) is 0 Å². The highest BCUT2D eigenvalue weighted by atomic mass is 16.5. The van der Waals surface area contributed by atoms with E-state index in [-0.39, 0.29) is 11.3 Å². The van der Waals surface area contributed by atoms with E-state index < -0.39 is 0 Å². The number of hydrogen-bond acceptors (Lipinski definition) is 2. The average Bonchev–Trinajstić information content (AvgIpc) is 1.77. The number of rotatable bonds is 3. The van der Waals surface area contributed by atoms with Gasteiger partial charge in [-0.1, -0.05) is 13.3 Å². The second kappa shape index (κ2) is 2.58. The van der Waals surface area contributed by atoms with Crippen molar-refractivity contribution in [2.24, 2.45) is 11.1 Å². The first-order valence-electron chi connectivity index (χ1n) is 3.59. The van der Waals surface area contributed by atoms with Gasteiger partial charge < -0.3 is 10.5 Å². The molecule has 0 aliphatic carbocycles. The van der Waals surface area contributed by atoms with E-state index in [4.69, 9.17) is 10.5 Å². The lowest BCUT2D eigenvalue weighted by molar-refractivity contribution is -0.159. The Hall–Kier alpha value is -0.570. The molecule has 0 radical (unpaired) electrons. The SMILES string of the molecule is CCCC1(C(N)=O)COC1. The van der Waals surface area contributed by atoms with Crippen LogP contribution in [0.1, 0.15) is 19.8 Å². The van der Waals surface area contributed by atoms with Crippen molar-refractivity contribution in [3.05, 3.63) is 0 Å². The summed E-state index contributed by atoms with van der Waals surface area (Å²) in [5.41, 5.74) is 4.89. The molecule has 1 aliphatic heterocycles. The van der Waals surface area contributed by atoms with E-state index in [1.54, 1.807) is 0 Å². The van der Waals surface area contributed by atoms with Crippen molar-refractivity contribution in [3.8, 4) is 0 Å². The van der Waals surface area contributed by atoms with Crippen LogP contribution in [0.25, 0.3) is 0 Å². The van der Waals surface area contributed by atoms with E-state index in [9.17, 15) is 4.79 Å². The number of carbonyl (C=O) groups excluding carboxylic acids is 1. The van der Waals surface area contributed by atoms with Crippen LogP contribution in [0.3, 0.4) is 0 Å². The van der Waals surface area contributed by atoms with Gasteiger partial charge in [-0.25, -0.2) is 0 Å². The molecule has 3 nitrogen and oxygen atoms in total. The number of ether oxygens (including phenoxy) is 1. The highest BCUT2D eigenvalue weighted by molar-refractivity contribution is 5.81. The monoisotopic (exact) mass is 143 g/mol. The fraction of sp³-hybridized carbons (Fsp3) is 0.857. The maximum absolute atomic E-state index is 10.8. The molecular formula is C7H13NO2. The number of amides is 1. The first-order chi connectivity index (χ1) is 4.71. The number of nitrogens with two attached hydrogens (primary N) is 1. The van der Waals surface area contributed by atoms with Crippen molar-refractivity contribution in [3.63, 3.8) is 0 Å². The molecule has 1 aliphatic rings. The quantitative estimate of drug-likeness (QED) is 0.617. The molecule has 1 heterocycles. The fourth-order valence-corrected chi connectivity index (χ4v) is 1.24. The molecule has 0 bridgehead atoms. The van der Waals surface area contributed by atoms with Gasteiger partial charge in [0.05, 0.1) is 18.6 Å². The zero-order valence-electron chi connectivity index (χ0n) is 6.22. The van der Waals surface area contributed by atoms with Crippen LogP contribution in [-0.4, -0.2) is 19.1 Å². The Morgan fingerprint density at radius 2 is 2.30 bits per heavy atom. The summed E-state index contributed by atoms with van der Waals surface area (Å²) < 4.78 is 4.95. The van der Waals surface area contributed by atoms with E-state index in [1.165, 1.54) is 0 Å². The van der Waals surface area contributed by atoms with Gasteiger partial charge in [0.1, 0.15) is 0 Å². The summed E-state index contributed by atoms with van der Waals surface area (Å²) in [6, 6.07) is 0. The lowest BCUT2D eigenvalue weighted by atomic mass is 9.81. The van der Waals surface area contributed by atoms with Gasteiger partial charge in [-0.15, -0.1) is 0 Å². The Bertz CT molecular complexity index is 141. The molecule has 0 aromatic rings. The summed E-state index contributed by atoms with van der Waals surface area (Å²) in [5, 5.41) is 0. The molecule has 0 unspecified atom stereocenters. The van der Waals surface area contributed by atoms with Crippen LogP contribution in [-0.2, 0) is 9.53 Å². The number of hydrogen-bond donors (Lipinski definition) is 1. The summed E-state index contributed by atoms with van der Waals surface area (Å²) >= 11 is 0. The van der Waals surface area contributed by atoms with Crippen LogP contribution in [0.2, 0.25) is 0 Å². The number of primary amides is 1. The molecule has 0 saturated carbocycles. The molecule has 0 aromatic carbocycles. The third-order valence-corrected chi connectivity index (χ3v) is 2.01. The van der Waals surface area contributed by atoms with Crippen molar-refractivity contribution in [2.75, 3.05) is 13.2 Å². The maximum Gasteiger partial charge on any atom is 0.228 e. The molecular weight excluding hydrogens is 130 g/mol. The fourth-order valence-electron chi connectivity index (χ4n) is 1.24. The van der Waals surface area contributed by atoms with Crippen LogP contribution >= 0.6 is 0 Å². The predicted octanol–water partition coefficient (Wildman–Crippen LogP) is 0.288. The van der Waals surface area contributed by atoms with Gasteiger partial charge in [-0.05, 0) is 6.42 Å². The predicted molar refractivity (Wildman–Crippen MR) is 37.4 cm³/mol. The molecule has 0 spiro atoms. The highest BCUT2D eigenvalue weighted by Gasteiger charge is 2.43. The normalized spacial score (nSPS) is 21.7. The molecule has 3 heteroatoms.